The van der Waals surface area contributed by atoms with Crippen molar-refractivity contribution < 1.29 is 13.9 Å². The van der Waals surface area contributed by atoms with Crippen molar-refractivity contribution in [3.8, 4) is 11.3 Å². The molecule has 2 aromatic heterocycles. The summed E-state index contributed by atoms with van der Waals surface area (Å²) in [6.45, 7) is 4.92. The lowest BCUT2D eigenvalue weighted by molar-refractivity contribution is 0.105. The summed E-state index contributed by atoms with van der Waals surface area (Å²) >= 11 is 0. The molecule has 0 bridgehead atoms. The zero-order valence-corrected chi connectivity index (χ0v) is 12.4. The number of piperazine rings is 1. The Kier molecular flexibility index (Phi) is 4.22. The molecule has 0 aromatic carbocycles. The smallest absolute Gasteiger partial charge is 0.409 e. The zero-order valence-electron chi connectivity index (χ0n) is 12.4. The van der Waals surface area contributed by atoms with Gasteiger partial charge in [0, 0.05) is 37.8 Å². The van der Waals surface area contributed by atoms with Crippen molar-refractivity contribution in [3.63, 3.8) is 0 Å². The number of carbonyl (C=O) groups excluding carboxylic acids is 1. The highest BCUT2D eigenvalue weighted by molar-refractivity contribution is 5.68. The van der Waals surface area contributed by atoms with Gasteiger partial charge < -0.3 is 19.0 Å². The van der Waals surface area contributed by atoms with E-state index in [9.17, 15) is 4.79 Å². The normalized spacial score (nSPS) is 15.0. The Labute approximate surface area is 128 Å². The van der Waals surface area contributed by atoms with Crippen molar-refractivity contribution in [3.05, 3.63) is 31.0 Å². The van der Waals surface area contributed by atoms with E-state index in [0.29, 0.717) is 19.7 Å². The van der Waals surface area contributed by atoms with Crippen molar-refractivity contribution in [2.45, 2.75) is 6.92 Å². The van der Waals surface area contributed by atoms with Gasteiger partial charge in [-0.1, -0.05) is 0 Å². The van der Waals surface area contributed by atoms with Crippen LogP contribution in [0.15, 0.2) is 35.4 Å². The molecular formula is C15H18N4O3. The lowest BCUT2D eigenvalue weighted by Gasteiger charge is -2.34. The van der Waals surface area contributed by atoms with Crippen LogP contribution in [0.2, 0.25) is 0 Å². The largest absolute Gasteiger partial charge is 0.472 e. The Hall–Kier alpha value is -2.57. The van der Waals surface area contributed by atoms with Crippen molar-refractivity contribution in [2.24, 2.45) is 0 Å². The number of carbonyl (C=O) groups is 1. The van der Waals surface area contributed by atoms with Crippen LogP contribution in [0.4, 0.5) is 10.6 Å². The molecule has 1 fully saturated rings. The highest BCUT2D eigenvalue weighted by atomic mass is 16.6. The van der Waals surface area contributed by atoms with E-state index in [4.69, 9.17) is 9.15 Å². The number of hydrogen-bond acceptors (Lipinski definition) is 6. The molecule has 1 amide bonds. The second-order valence-corrected chi connectivity index (χ2v) is 4.95. The fourth-order valence-electron chi connectivity index (χ4n) is 2.42. The average molecular weight is 302 g/mol. The van der Waals surface area contributed by atoms with E-state index in [2.05, 4.69) is 14.9 Å². The molecule has 1 saturated heterocycles. The van der Waals surface area contributed by atoms with Gasteiger partial charge in [0.25, 0.3) is 0 Å². The van der Waals surface area contributed by atoms with E-state index in [1.807, 2.05) is 19.1 Å². The summed E-state index contributed by atoms with van der Waals surface area (Å²) in [4.78, 5) is 24.2. The first-order valence-electron chi connectivity index (χ1n) is 7.29. The summed E-state index contributed by atoms with van der Waals surface area (Å²) in [7, 11) is 0. The summed E-state index contributed by atoms with van der Waals surface area (Å²) in [6.07, 6.45) is 4.58. The molecule has 0 aliphatic carbocycles. The summed E-state index contributed by atoms with van der Waals surface area (Å²) < 4.78 is 10.1. The third-order valence-electron chi connectivity index (χ3n) is 3.60. The molecule has 22 heavy (non-hydrogen) atoms. The monoisotopic (exact) mass is 302 g/mol. The Bertz CT molecular complexity index is 621. The van der Waals surface area contributed by atoms with Crippen LogP contribution in [0.1, 0.15) is 6.92 Å². The molecule has 7 nitrogen and oxygen atoms in total. The SMILES string of the molecule is CCOC(=O)N1CCN(c2cc(-c3ccoc3)ncn2)CC1. The quantitative estimate of drug-likeness (QED) is 0.863. The van der Waals surface area contributed by atoms with E-state index in [0.717, 1.165) is 30.2 Å². The van der Waals surface area contributed by atoms with Gasteiger partial charge in [0.1, 0.15) is 12.1 Å². The van der Waals surface area contributed by atoms with Crippen LogP contribution >= 0.6 is 0 Å². The van der Waals surface area contributed by atoms with E-state index < -0.39 is 0 Å². The third kappa shape index (κ3) is 3.03. The van der Waals surface area contributed by atoms with E-state index in [1.165, 1.54) is 0 Å². The maximum Gasteiger partial charge on any atom is 0.409 e. The van der Waals surface area contributed by atoms with E-state index >= 15 is 0 Å². The number of ether oxygens (including phenoxy) is 1. The minimum atomic E-state index is -0.246. The summed E-state index contributed by atoms with van der Waals surface area (Å²) in [5.41, 5.74) is 1.75. The van der Waals surface area contributed by atoms with Crippen molar-refractivity contribution in [2.75, 3.05) is 37.7 Å². The Morgan fingerprint density at radius 2 is 2.14 bits per heavy atom. The number of rotatable bonds is 3. The maximum absolute atomic E-state index is 11.7. The van der Waals surface area contributed by atoms with Gasteiger partial charge in [-0.15, -0.1) is 0 Å². The van der Waals surface area contributed by atoms with Gasteiger partial charge in [-0.05, 0) is 13.0 Å². The number of hydrogen-bond donors (Lipinski definition) is 0. The number of amides is 1. The van der Waals surface area contributed by atoms with Crippen molar-refractivity contribution in [1.82, 2.24) is 14.9 Å². The maximum atomic E-state index is 11.7. The number of furan rings is 1. The van der Waals surface area contributed by atoms with Gasteiger partial charge in [0.15, 0.2) is 0 Å². The van der Waals surface area contributed by atoms with Gasteiger partial charge in [-0.25, -0.2) is 14.8 Å². The lowest BCUT2D eigenvalue weighted by atomic mass is 10.2. The van der Waals surface area contributed by atoms with Crippen molar-refractivity contribution in [1.29, 1.82) is 0 Å². The Morgan fingerprint density at radius 3 is 2.82 bits per heavy atom. The summed E-state index contributed by atoms with van der Waals surface area (Å²) in [6, 6.07) is 3.80. The second kappa shape index (κ2) is 6.46. The molecule has 1 aliphatic heterocycles. The molecule has 0 N–H and O–H groups in total. The molecule has 0 unspecified atom stereocenters. The first-order chi connectivity index (χ1) is 10.8. The molecule has 3 heterocycles. The van der Waals surface area contributed by atoms with E-state index in [1.54, 1.807) is 23.8 Å². The van der Waals surface area contributed by atoms with Gasteiger partial charge in [0.05, 0.1) is 24.8 Å². The predicted molar refractivity (Wildman–Crippen MR) is 80.5 cm³/mol. The van der Waals surface area contributed by atoms with Crippen LogP contribution in [0.5, 0.6) is 0 Å². The molecular weight excluding hydrogens is 284 g/mol. The van der Waals surface area contributed by atoms with E-state index in [-0.39, 0.29) is 6.09 Å². The third-order valence-corrected chi connectivity index (χ3v) is 3.60. The van der Waals surface area contributed by atoms with Crippen LogP contribution in [-0.4, -0.2) is 53.7 Å². The highest BCUT2D eigenvalue weighted by Gasteiger charge is 2.22. The summed E-state index contributed by atoms with van der Waals surface area (Å²) in [5, 5.41) is 0. The second-order valence-electron chi connectivity index (χ2n) is 4.95. The van der Waals surface area contributed by atoms with Gasteiger partial charge >= 0.3 is 6.09 Å². The van der Waals surface area contributed by atoms with Gasteiger partial charge in [-0.3, -0.25) is 0 Å². The van der Waals surface area contributed by atoms with Crippen LogP contribution in [0.3, 0.4) is 0 Å². The number of nitrogens with zero attached hydrogens (tertiary/aromatic N) is 4. The highest BCUT2D eigenvalue weighted by Crippen LogP contribution is 2.21. The molecule has 0 atom stereocenters. The number of anilines is 1. The fraction of sp³-hybridized carbons (Fsp3) is 0.400. The summed E-state index contributed by atoms with van der Waals surface area (Å²) in [5.74, 6) is 0.856. The molecule has 0 radical (unpaired) electrons. The lowest BCUT2D eigenvalue weighted by Crippen LogP contribution is -2.49. The molecule has 116 valence electrons. The molecule has 7 heteroatoms. The zero-order chi connectivity index (χ0) is 15.4. The van der Waals surface area contributed by atoms with Gasteiger partial charge in [0.2, 0.25) is 0 Å². The molecule has 1 aliphatic rings. The topological polar surface area (TPSA) is 71.7 Å². The fourth-order valence-corrected chi connectivity index (χ4v) is 2.42. The average Bonchev–Trinajstić information content (AvgIpc) is 3.10. The Balaban J connectivity index is 1.66. The van der Waals surface area contributed by atoms with Crippen LogP contribution < -0.4 is 4.90 Å². The van der Waals surface area contributed by atoms with Crippen LogP contribution in [0, 0.1) is 0 Å². The van der Waals surface area contributed by atoms with Crippen molar-refractivity contribution >= 4 is 11.9 Å². The van der Waals surface area contributed by atoms with Gasteiger partial charge in [-0.2, -0.15) is 0 Å². The Morgan fingerprint density at radius 1 is 1.32 bits per heavy atom. The number of aromatic nitrogens is 2. The minimum absolute atomic E-state index is 0.246. The molecule has 0 saturated carbocycles. The van der Waals surface area contributed by atoms with Crippen LogP contribution in [0.25, 0.3) is 11.3 Å². The molecule has 0 spiro atoms. The van der Waals surface area contributed by atoms with Crippen LogP contribution in [-0.2, 0) is 4.74 Å². The predicted octanol–water partition coefficient (Wildman–Crippen LogP) is 2.02. The first kappa shape index (κ1) is 14.4. The molecule has 2 aromatic rings. The standard InChI is InChI=1S/C15H18N4O3/c1-2-22-15(20)19-6-4-18(5-7-19)14-9-13(16-11-17-14)12-3-8-21-10-12/h3,8-11H,2,4-7H2,1H3. The first-order valence-corrected chi connectivity index (χ1v) is 7.29. The molecule has 3 rings (SSSR count). The minimum Gasteiger partial charge on any atom is -0.472 e.